The Balaban J connectivity index is 1.69. The lowest BCUT2D eigenvalue weighted by Crippen LogP contribution is -2.50. The number of carbonyl (C=O) groups excluding carboxylic acids is 1. The van der Waals surface area contributed by atoms with Crippen LogP contribution >= 0.6 is 0 Å². The van der Waals surface area contributed by atoms with E-state index in [1.165, 1.54) is 0 Å². The molecule has 6 nitrogen and oxygen atoms in total. The second-order valence-corrected chi connectivity index (χ2v) is 7.55. The van der Waals surface area contributed by atoms with Crippen LogP contribution < -0.4 is 15.4 Å². The Bertz CT molecular complexity index is 585. The van der Waals surface area contributed by atoms with Crippen molar-refractivity contribution in [2.24, 2.45) is 11.8 Å². The van der Waals surface area contributed by atoms with Crippen molar-refractivity contribution in [3.8, 4) is 0 Å². The van der Waals surface area contributed by atoms with Gasteiger partial charge in [0.15, 0.2) is 0 Å². The molecule has 7 heteroatoms. The number of hydrogen-bond donors (Lipinski definition) is 3. The Labute approximate surface area is 131 Å². The molecule has 1 heterocycles. The molecule has 3 N–H and O–H groups in total. The molecular weight excluding hydrogens is 302 g/mol. The van der Waals surface area contributed by atoms with Gasteiger partial charge in [0, 0.05) is 19.0 Å². The fraction of sp³-hybridized carbons (Fsp3) is 0.533. The summed E-state index contributed by atoms with van der Waals surface area (Å²) in [5.41, 5.74) is 0.904. The van der Waals surface area contributed by atoms with Crippen LogP contribution in [0.2, 0.25) is 0 Å². The van der Waals surface area contributed by atoms with Gasteiger partial charge in [0.1, 0.15) is 0 Å². The lowest BCUT2D eigenvalue weighted by Gasteiger charge is -2.31. The van der Waals surface area contributed by atoms with E-state index in [9.17, 15) is 13.2 Å². The van der Waals surface area contributed by atoms with Gasteiger partial charge in [-0.05, 0) is 24.6 Å². The minimum atomic E-state index is -3.39. The van der Waals surface area contributed by atoms with Crippen LogP contribution in [-0.4, -0.2) is 39.7 Å². The normalized spacial score (nSPS) is 16.8. The molecule has 0 aromatic heterocycles. The van der Waals surface area contributed by atoms with Crippen LogP contribution in [0.5, 0.6) is 0 Å². The quantitative estimate of drug-likeness (QED) is 0.632. The Morgan fingerprint density at radius 2 is 2.00 bits per heavy atom. The average molecular weight is 325 g/mol. The van der Waals surface area contributed by atoms with Crippen LogP contribution in [0.25, 0.3) is 0 Å². The zero-order valence-corrected chi connectivity index (χ0v) is 13.5. The van der Waals surface area contributed by atoms with Crippen LogP contribution in [-0.2, 0) is 21.4 Å². The number of hydrogen-bond acceptors (Lipinski definition) is 4. The number of benzene rings is 1. The third-order valence-corrected chi connectivity index (χ3v) is 5.27. The van der Waals surface area contributed by atoms with E-state index >= 15 is 0 Å². The van der Waals surface area contributed by atoms with Gasteiger partial charge < -0.3 is 10.6 Å². The number of amides is 1. The van der Waals surface area contributed by atoms with Gasteiger partial charge in [-0.2, -0.15) is 0 Å². The molecule has 122 valence electrons. The zero-order valence-electron chi connectivity index (χ0n) is 12.7. The van der Waals surface area contributed by atoms with Crippen molar-refractivity contribution in [2.45, 2.75) is 13.5 Å². The van der Waals surface area contributed by atoms with Crippen molar-refractivity contribution in [2.75, 3.05) is 25.4 Å². The van der Waals surface area contributed by atoms with Gasteiger partial charge in [0.05, 0.1) is 5.75 Å². The molecule has 1 saturated heterocycles. The molecule has 1 aliphatic heterocycles. The highest BCUT2D eigenvalue weighted by atomic mass is 32.2. The van der Waals surface area contributed by atoms with Crippen molar-refractivity contribution in [3.63, 3.8) is 0 Å². The number of rotatable bonds is 8. The van der Waals surface area contributed by atoms with Crippen LogP contribution in [0, 0.1) is 11.8 Å². The molecule has 0 radical (unpaired) electrons. The maximum atomic E-state index is 11.9. The minimum Gasteiger partial charge on any atom is -0.355 e. The first-order valence-corrected chi connectivity index (χ1v) is 9.13. The monoisotopic (exact) mass is 325 g/mol. The molecule has 1 aromatic rings. The lowest BCUT2D eigenvalue weighted by molar-refractivity contribution is -0.126. The first-order valence-electron chi connectivity index (χ1n) is 7.47. The lowest BCUT2D eigenvalue weighted by atomic mass is 9.88. The van der Waals surface area contributed by atoms with Crippen LogP contribution in [0.3, 0.4) is 0 Å². The molecule has 2 rings (SSSR count). The summed E-state index contributed by atoms with van der Waals surface area (Å²) >= 11 is 0. The molecule has 1 aliphatic rings. The Hall–Kier alpha value is -1.44. The van der Waals surface area contributed by atoms with Crippen molar-refractivity contribution >= 4 is 15.9 Å². The molecule has 0 aliphatic carbocycles. The van der Waals surface area contributed by atoms with Gasteiger partial charge in [0.25, 0.3) is 0 Å². The van der Waals surface area contributed by atoms with Gasteiger partial charge >= 0.3 is 0 Å². The fourth-order valence-corrected chi connectivity index (χ4v) is 3.11. The molecule has 1 unspecified atom stereocenters. The maximum absolute atomic E-state index is 11.9. The summed E-state index contributed by atoms with van der Waals surface area (Å²) < 4.78 is 26.3. The van der Waals surface area contributed by atoms with Gasteiger partial charge in [-0.1, -0.05) is 37.3 Å². The summed E-state index contributed by atoms with van der Waals surface area (Å²) in [5, 5.41) is 5.82. The third kappa shape index (κ3) is 5.08. The molecule has 0 saturated carbocycles. The summed E-state index contributed by atoms with van der Waals surface area (Å²) in [6.07, 6.45) is 0. The second-order valence-electron chi connectivity index (χ2n) is 5.62. The molecule has 0 bridgehead atoms. The summed E-state index contributed by atoms with van der Waals surface area (Å²) in [5.74, 6) is 0.0834. The smallest absolute Gasteiger partial charge is 0.223 e. The number of carbonyl (C=O) groups is 1. The molecule has 1 aromatic carbocycles. The summed E-state index contributed by atoms with van der Waals surface area (Å²) in [6.45, 7) is 3.98. The van der Waals surface area contributed by atoms with E-state index in [1.807, 2.05) is 37.3 Å². The van der Waals surface area contributed by atoms with E-state index in [4.69, 9.17) is 0 Å². The van der Waals surface area contributed by atoms with Crippen molar-refractivity contribution in [1.82, 2.24) is 15.4 Å². The topological polar surface area (TPSA) is 87.3 Å². The highest BCUT2D eigenvalue weighted by Crippen LogP contribution is 2.15. The molecular formula is C15H23N3O3S. The fourth-order valence-electron chi connectivity index (χ4n) is 2.21. The van der Waals surface area contributed by atoms with Crippen molar-refractivity contribution in [1.29, 1.82) is 0 Å². The van der Waals surface area contributed by atoms with Crippen molar-refractivity contribution < 1.29 is 13.2 Å². The Morgan fingerprint density at radius 3 is 2.59 bits per heavy atom. The third-order valence-electron chi connectivity index (χ3n) is 3.94. The molecule has 1 amide bonds. The van der Waals surface area contributed by atoms with E-state index in [0.29, 0.717) is 5.92 Å². The van der Waals surface area contributed by atoms with Crippen LogP contribution in [0.4, 0.5) is 0 Å². The predicted octanol–water partition coefficient (Wildman–Crippen LogP) is 0.0777. The molecule has 1 fully saturated rings. The number of nitrogens with one attached hydrogen (secondary N) is 3. The van der Waals surface area contributed by atoms with Gasteiger partial charge in [-0.25, -0.2) is 13.1 Å². The summed E-state index contributed by atoms with van der Waals surface area (Å²) in [6, 6.07) is 9.32. The van der Waals surface area contributed by atoms with Crippen LogP contribution in [0.1, 0.15) is 12.5 Å². The highest BCUT2D eigenvalue weighted by molar-refractivity contribution is 7.89. The number of sulfonamides is 1. The van der Waals surface area contributed by atoms with E-state index < -0.39 is 10.0 Å². The first kappa shape index (κ1) is 16.9. The minimum absolute atomic E-state index is 0.0789. The maximum Gasteiger partial charge on any atom is 0.223 e. The molecule has 0 spiro atoms. The van der Waals surface area contributed by atoms with E-state index in [1.54, 1.807) is 0 Å². The van der Waals surface area contributed by atoms with E-state index in [-0.39, 0.29) is 30.7 Å². The Kier molecular flexibility index (Phi) is 5.93. The van der Waals surface area contributed by atoms with E-state index in [0.717, 1.165) is 18.7 Å². The molecule has 22 heavy (non-hydrogen) atoms. The average Bonchev–Trinajstić information content (AvgIpc) is 2.44. The van der Waals surface area contributed by atoms with E-state index in [2.05, 4.69) is 15.4 Å². The SMILES string of the molecule is CC(C(=O)NCCS(=O)(=O)NCc1ccccc1)C1CNC1. The van der Waals surface area contributed by atoms with Crippen LogP contribution in [0.15, 0.2) is 30.3 Å². The summed E-state index contributed by atoms with van der Waals surface area (Å²) in [7, 11) is -3.39. The second kappa shape index (κ2) is 7.71. The van der Waals surface area contributed by atoms with Gasteiger partial charge in [-0.3, -0.25) is 4.79 Å². The largest absolute Gasteiger partial charge is 0.355 e. The standard InChI is InChI=1S/C15H23N3O3S/c1-12(14-10-16-11-14)15(19)17-7-8-22(20,21)18-9-13-5-3-2-4-6-13/h2-6,12,14,16,18H,7-11H2,1H3,(H,17,19). The highest BCUT2D eigenvalue weighted by Gasteiger charge is 2.28. The van der Waals surface area contributed by atoms with Gasteiger partial charge in [-0.15, -0.1) is 0 Å². The first-order chi connectivity index (χ1) is 10.5. The molecule has 1 atom stereocenters. The summed E-state index contributed by atoms with van der Waals surface area (Å²) in [4.78, 5) is 11.9. The van der Waals surface area contributed by atoms with Crippen molar-refractivity contribution in [3.05, 3.63) is 35.9 Å². The predicted molar refractivity (Wildman–Crippen MR) is 85.6 cm³/mol. The zero-order chi connectivity index (χ0) is 16.0. The van der Waals surface area contributed by atoms with Gasteiger partial charge in [0.2, 0.25) is 15.9 Å². The Morgan fingerprint density at radius 1 is 1.32 bits per heavy atom.